The summed E-state index contributed by atoms with van der Waals surface area (Å²) >= 11 is 0. The molecule has 4 heteroatoms. The Kier molecular flexibility index (Phi) is 8.26. The molecule has 0 rings (SSSR count). The monoisotopic (exact) mass is 273 g/mol. The van der Waals surface area contributed by atoms with E-state index < -0.39 is 5.54 Å². The van der Waals surface area contributed by atoms with Crippen molar-refractivity contribution >= 4 is 5.97 Å². The molecule has 0 amide bonds. The summed E-state index contributed by atoms with van der Waals surface area (Å²) in [7, 11) is 0. The Morgan fingerprint density at radius 3 is 2.26 bits per heavy atom. The van der Waals surface area contributed by atoms with E-state index in [0.29, 0.717) is 19.6 Å². The Labute approximate surface area is 118 Å². The number of ether oxygens (including phenoxy) is 2. The van der Waals surface area contributed by atoms with Gasteiger partial charge in [-0.3, -0.25) is 4.79 Å². The topological polar surface area (TPSA) is 47.6 Å². The van der Waals surface area contributed by atoms with Crippen molar-refractivity contribution in [2.45, 2.75) is 71.9 Å². The molecular weight excluding hydrogens is 242 g/mol. The Bertz CT molecular complexity index is 266. The highest BCUT2D eigenvalue weighted by Crippen LogP contribution is 2.18. The van der Waals surface area contributed by atoms with Crippen LogP contribution in [0.2, 0.25) is 0 Å². The molecular formula is C15H31NO3. The minimum atomic E-state index is -0.657. The van der Waals surface area contributed by atoms with Crippen molar-refractivity contribution in [2.24, 2.45) is 0 Å². The Morgan fingerprint density at radius 2 is 1.79 bits per heavy atom. The average molecular weight is 273 g/mol. The molecule has 0 aromatic rings. The van der Waals surface area contributed by atoms with E-state index in [1.165, 1.54) is 0 Å². The van der Waals surface area contributed by atoms with E-state index in [-0.39, 0.29) is 11.6 Å². The molecule has 1 N–H and O–H groups in total. The van der Waals surface area contributed by atoms with Gasteiger partial charge in [-0.15, -0.1) is 0 Å². The summed E-state index contributed by atoms with van der Waals surface area (Å²) in [6.45, 7) is 13.8. The maximum absolute atomic E-state index is 12.1. The van der Waals surface area contributed by atoms with Crippen LogP contribution in [0.3, 0.4) is 0 Å². The number of carbonyl (C=O) groups excluding carboxylic acids is 1. The van der Waals surface area contributed by atoms with Gasteiger partial charge in [0.05, 0.1) is 12.2 Å². The van der Waals surface area contributed by atoms with Gasteiger partial charge in [0.15, 0.2) is 0 Å². The van der Waals surface area contributed by atoms with Crippen LogP contribution in [0.5, 0.6) is 0 Å². The number of carbonyl (C=O) groups is 1. The molecule has 0 bridgehead atoms. The lowest BCUT2D eigenvalue weighted by molar-refractivity contribution is -0.152. The zero-order valence-electron chi connectivity index (χ0n) is 13.5. The van der Waals surface area contributed by atoms with E-state index in [9.17, 15) is 4.79 Å². The number of hydrogen-bond donors (Lipinski definition) is 1. The fraction of sp³-hybridized carbons (Fsp3) is 0.933. The first-order chi connectivity index (χ1) is 8.81. The maximum Gasteiger partial charge on any atom is 0.326 e. The Hall–Kier alpha value is -0.610. The normalized spacial score (nSPS) is 15.1. The second kappa shape index (κ2) is 8.54. The number of hydrogen-bond acceptors (Lipinski definition) is 4. The molecule has 1 unspecified atom stereocenters. The summed E-state index contributed by atoms with van der Waals surface area (Å²) in [4.78, 5) is 12.1. The van der Waals surface area contributed by atoms with Crippen LogP contribution in [-0.2, 0) is 14.3 Å². The lowest BCUT2D eigenvalue weighted by Gasteiger charge is -2.31. The van der Waals surface area contributed by atoms with Gasteiger partial charge in [0.25, 0.3) is 0 Å². The third-order valence-corrected chi connectivity index (χ3v) is 3.44. The molecule has 0 radical (unpaired) electrons. The van der Waals surface area contributed by atoms with Crippen LogP contribution in [0, 0.1) is 0 Å². The minimum absolute atomic E-state index is 0.139. The highest BCUT2D eigenvalue weighted by atomic mass is 16.5. The van der Waals surface area contributed by atoms with Gasteiger partial charge in [-0.2, -0.15) is 0 Å². The third-order valence-electron chi connectivity index (χ3n) is 3.44. The number of nitrogens with one attached hydrogen (secondary N) is 1. The molecule has 0 fully saturated rings. The quantitative estimate of drug-likeness (QED) is 0.622. The van der Waals surface area contributed by atoms with E-state index in [0.717, 1.165) is 19.4 Å². The van der Waals surface area contributed by atoms with Gasteiger partial charge in [-0.05, 0) is 53.5 Å². The van der Waals surface area contributed by atoms with Crippen molar-refractivity contribution in [3.63, 3.8) is 0 Å². The molecule has 0 aliphatic carbocycles. The minimum Gasteiger partial charge on any atom is -0.465 e. The standard InChI is InChI=1S/C15H31NO3/c1-7-11-16-15(6,13(17)18-9-3)10-12-19-14(4,5)8-2/h16H,7-12H2,1-6H3. The van der Waals surface area contributed by atoms with Gasteiger partial charge < -0.3 is 14.8 Å². The lowest BCUT2D eigenvalue weighted by atomic mass is 9.97. The summed E-state index contributed by atoms with van der Waals surface area (Å²) in [6, 6.07) is 0. The van der Waals surface area contributed by atoms with E-state index in [1.54, 1.807) is 0 Å². The summed E-state index contributed by atoms with van der Waals surface area (Å²) in [6.07, 6.45) is 2.55. The van der Waals surface area contributed by atoms with E-state index in [2.05, 4.69) is 33.0 Å². The molecule has 114 valence electrons. The van der Waals surface area contributed by atoms with Crippen LogP contribution in [0.1, 0.15) is 60.8 Å². The second-order valence-electron chi connectivity index (χ2n) is 5.69. The molecule has 1 atom stereocenters. The van der Waals surface area contributed by atoms with Crippen molar-refractivity contribution < 1.29 is 14.3 Å². The molecule has 0 heterocycles. The molecule has 0 saturated carbocycles. The molecule has 19 heavy (non-hydrogen) atoms. The largest absolute Gasteiger partial charge is 0.465 e. The molecule has 0 aromatic heterocycles. The zero-order valence-corrected chi connectivity index (χ0v) is 13.5. The SMILES string of the molecule is CCCNC(C)(CCOC(C)(C)CC)C(=O)OCC. The lowest BCUT2D eigenvalue weighted by Crippen LogP contribution is -2.51. The first-order valence-corrected chi connectivity index (χ1v) is 7.37. The number of esters is 1. The van der Waals surface area contributed by atoms with Gasteiger partial charge in [-0.25, -0.2) is 0 Å². The maximum atomic E-state index is 12.1. The van der Waals surface area contributed by atoms with Gasteiger partial charge in [-0.1, -0.05) is 13.8 Å². The van der Waals surface area contributed by atoms with E-state index in [4.69, 9.17) is 9.47 Å². The Balaban J connectivity index is 4.46. The van der Waals surface area contributed by atoms with Crippen molar-refractivity contribution in [1.82, 2.24) is 5.32 Å². The first-order valence-electron chi connectivity index (χ1n) is 7.37. The number of rotatable bonds is 10. The molecule has 0 aliphatic rings. The van der Waals surface area contributed by atoms with Crippen LogP contribution in [0.4, 0.5) is 0 Å². The second-order valence-corrected chi connectivity index (χ2v) is 5.69. The average Bonchev–Trinajstić information content (AvgIpc) is 2.36. The zero-order chi connectivity index (χ0) is 14.9. The van der Waals surface area contributed by atoms with Crippen molar-refractivity contribution in [3.8, 4) is 0 Å². The van der Waals surface area contributed by atoms with Crippen LogP contribution in [0.25, 0.3) is 0 Å². The van der Waals surface area contributed by atoms with Gasteiger partial charge >= 0.3 is 5.97 Å². The molecule has 0 aliphatic heterocycles. The van der Waals surface area contributed by atoms with Crippen LogP contribution in [0.15, 0.2) is 0 Å². The summed E-state index contributed by atoms with van der Waals surface area (Å²) in [5.41, 5.74) is -0.795. The van der Waals surface area contributed by atoms with Crippen molar-refractivity contribution in [2.75, 3.05) is 19.8 Å². The first kappa shape index (κ1) is 18.4. The predicted molar refractivity (Wildman–Crippen MR) is 78.3 cm³/mol. The summed E-state index contributed by atoms with van der Waals surface area (Å²) < 4.78 is 11.0. The summed E-state index contributed by atoms with van der Waals surface area (Å²) in [5, 5.41) is 3.28. The smallest absolute Gasteiger partial charge is 0.326 e. The van der Waals surface area contributed by atoms with Gasteiger partial charge in [0, 0.05) is 6.61 Å². The molecule has 4 nitrogen and oxygen atoms in total. The fourth-order valence-corrected chi connectivity index (χ4v) is 1.59. The van der Waals surface area contributed by atoms with E-state index in [1.807, 2.05) is 13.8 Å². The van der Waals surface area contributed by atoms with Crippen molar-refractivity contribution in [3.05, 3.63) is 0 Å². The predicted octanol–water partition coefficient (Wildman–Crippen LogP) is 2.90. The highest BCUT2D eigenvalue weighted by Gasteiger charge is 2.34. The van der Waals surface area contributed by atoms with Gasteiger partial charge in [0.2, 0.25) is 0 Å². The third kappa shape index (κ3) is 6.92. The van der Waals surface area contributed by atoms with Crippen LogP contribution in [-0.4, -0.2) is 36.9 Å². The highest BCUT2D eigenvalue weighted by molar-refractivity contribution is 5.80. The summed E-state index contributed by atoms with van der Waals surface area (Å²) in [5.74, 6) is -0.193. The van der Waals surface area contributed by atoms with Crippen LogP contribution < -0.4 is 5.32 Å². The molecule has 0 spiro atoms. The molecule has 0 saturated heterocycles. The van der Waals surface area contributed by atoms with E-state index >= 15 is 0 Å². The Morgan fingerprint density at radius 1 is 1.16 bits per heavy atom. The fourth-order valence-electron chi connectivity index (χ4n) is 1.59. The van der Waals surface area contributed by atoms with Gasteiger partial charge in [0.1, 0.15) is 5.54 Å². The van der Waals surface area contributed by atoms with Crippen LogP contribution >= 0.6 is 0 Å². The molecule has 0 aromatic carbocycles. The van der Waals surface area contributed by atoms with Crippen molar-refractivity contribution in [1.29, 1.82) is 0 Å².